The molecule has 3 rings (SSSR count). The lowest BCUT2D eigenvalue weighted by Crippen LogP contribution is -2.24. The van der Waals surface area contributed by atoms with Crippen molar-refractivity contribution in [2.45, 2.75) is 16.5 Å². The Morgan fingerprint density at radius 2 is 1.96 bits per heavy atom. The molecule has 2 aromatic carbocycles. The molecule has 0 saturated carbocycles. The standard InChI is InChI=1S/C18H18N2O2S2/c21-11-3-10-19-17(22)14-8-6-13(7-9-14)12-23-18-20-15-4-1-2-5-16(15)24-18/h1-2,4-9,21H,3,10-12H2,(H,19,22). The Bertz CT molecular complexity index is 782. The van der Waals surface area contributed by atoms with E-state index in [0.717, 1.165) is 21.2 Å². The number of para-hydroxylation sites is 1. The molecule has 24 heavy (non-hydrogen) atoms. The van der Waals surface area contributed by atoms with Crippen molar-refractivity contribution >= 4 is 39.2 Å². The number of carbonyl (C=O) groups excluding carboxylic acids is 1. The van der Waals surface area contributed by atoms with Crippen molar-refractivity contribution in [1.82, 2.24) is 10.3 Å². The Labute approximate surface area is 148 Å². The highest BCUT2D eigenvalue weighted by molar-refractivity contribution is 8.00. The number of benzene rings is 2. The lowest BCUT2D eigenvalue weighted by atomic mass is 10.1. The summed E-state index contributed by atoms with van der Waals surface area (Å²) in [5, 5.41) is 11.5. The van der Waals surface area contributed by atoms with E-state index >= 15 is 0 Å². The molecule has 0 aliphatic heterocycles. The van der Waals surface area contributed by atoms with Crippen LogP contribution in [0.1, 0.15) is 22.3 Å². The van der Waals surface area contributed by atoms with Crippen LogP contribution in [0.4, 0.5) is 0 Å². The van der Waals surface area contributed by atoms with Gasteiger partial charge in [-0.3, -0.25) is 4.79 Å². The zero-order valence-corrected chi connectivity index (χ0v) is 14.7. The van der Waals surface area contributed by atoms with Crippen LogP contribution in [-0.2, 0) is 5.75 Å². The topological polar surface area (TPSA) is 62.2 Å². The van der Waals surface area contributed by atoms with E-state index in [1.807, 2.05) is 42.5 Å². The Morgan fingerprint density at radius 1 is 1.17 bits per heavy atom. The third-order valence-electron chi connectivity index (χ3n) is 3.47. The monoisotopic (exact) mass is 358 g/mol. The Hall–Kier alpha value is -1.89. The Morgan fingerprint density at radius 3 is 2.71 bits per heavy atom. The molecule has 1 aromatic heterocycles. The summed E-state index contributed by atoms with van der Waals surface area (Å²) in [4.78, 5) is 16.5. The molecular weight excluding hydrogens is 340 g/mol. The molecule has 3 aromatic rings. The Balaban J connectivity index is 1.56. The molecule has 0 aliphatic carbocycles. The molecule has 4 nitrogen and oxygen atoms in total. The SMILES string of the molecule is O=C(NCCCO)c1ccc(CSc2nc3ccccc3s2)cc1. The fraction of sp³-hybridized carbons (Fsp3) is 0.222. The van der Waals surface area contributed by atoms with Gasteiger partial charge in [0.15, 0.2) is 4.34 Å². The van der Waals surface area contributed by atoms with Crippen LogP contribution in [0.25, 0.3) is 10.2 Å². The normalized spacial score (nSPS) is 10.9. The minimum Gasteiger partial charge on any atom is -0.396 e. The molecule has 0 unspecified atom stereocenters. The van der Waals surface area contributed by atoms with E-state index in [9.17, 15) is 4.79 Å². The average molecular weight is 358 g/mol. The number of rotatable bonds is 7. The molecule has 124 valence electrons. The van der Waals surface area contributed by atoms with Crippen LogP contribution in [0.3, 0.4) is 0 Å². The number of aromatic nitrogens is 1. The minimum atomic E-state index is -0.103. The summed E-state index contributed by atoms with van der Waals surface area (Å²) in [6, 6.07) is 15.8. The molecule has 0 spiro atoms. The second kappa shape index (κ2) is 8.28. The fourth-order valence-electron chi connectivity index (χ4n) is 2.19. The van der Waals surface area contributed by atoms with Gasteiger partial charge in [0, 0.05) is 24.5 Å². The summed E-state index contributed by atoms with van der Waals surface area (Å²) in [5.41, 5.74) is 2.84. The number of hydrogen-bond donors (Lipinski definition) is 2. The summed E-state index contributed by atoms with van der Waals surface area (Å²) >= 11 is 3.41. The third kappa shape index (κ3) is 4.35. The van der Waals surface area contributed by atoms with E-state index in [4.69, 9.17) is 5.11 Å². The van der Waals surface area contributed by atoms with Gasteiger partial charge >= 0.3 is 0 Å². The number of thioether (sulfide) groups is 1. The van der Waals surface area contributed by atoms with Gasteiger partial charge in [-0.15, -0.1) is 11.3 Å². The highest BCUT2D eigenvalue weighted by atomic mass is 32.2. The maximum absolute atomic E-state index is 11.9. The average Bonchev–Trinajstić information content (AvgIpc) is 3.03. The zero-order chi connectivity index (χ0) is 16.8. The van der Waals surface area contributed by atoms with Crippen molar-refractivity contribution in [2.75, 3.05) is 13.2 Å². The van der Waals surface area contributed by atoms with E-state index in [2.05, 4.69) is 16.4 Å². The second-order valence-electron chi connectivity index (χ2n) is 5.27. The first-order valence-corrected chi connectivity index (χ1v) is 9.53. The molecule has 0 fully saturated rings. The number of nitrogens with zero attached hydrogens (tertiary/aromatic N) is 1. The van der Waals surface area contributed by atoms with Crippen molar-refractivity contribution in [3.63, 3.8) is 0 Å². The molecular formula is C18H18N2O2S2. The van der Waals surface area contributed by atoms with E-state index < -0.39 is 0 Å². The number of nitrogens with one attached hydrogen (secondary N) is 1. The van der Waals surface area contributed by atoms with Crippen molar-refractivity contribution in [3.05, 3.63) is 59.7 Å². The molecule has 0 atom stereocenters. The summed E-state index contributed by atoms with van der Waals surface area (Å²) in [6.07, 6.45) is 0.572. The maximum atomic E-state index is 11.9. The second-order valence-corrected chi connectivity index (χ2v) is 7.52. The van der Waals surface area contributed by atoms with Gasteiger partial charge in [-0.05, 0) is 36.2 Å². The van der Waals surface area contributed by atoms with Crippen LogP contribution < -0.4 is 5.32 Å². The lowest BCUT2D eigenvalue weighted by Gasteiger charge is -2.05. The van der Waals surface area contributed by atoms with Crippen molar-refractivity contribution in [3.8, 4) is 0 Å². The molecule has 0 radical (unpaired) electrons. The number of hydrogen-bond acceptors (Lipinski definition) is 5. The van der Waals surface area contributed by atoms with Crippen LogP contribution in [0.15, 0.2) is 52.9 Å². The molecule has 2 N–H and O–H groups in total. The van der Waals surface area contributed by atoms with E-state index in [1.165, 1.54) is 4.70 Å². The number of carbonyl (C=O) groups is 1. The number of aliphatic hydroxyl groups excluding tert-OH is 1. The van der Waals surface area contributed by atoms with Crippen LogP contribution in [0.5, 0.6) is 0 Å². The van der Waals surface area contributed by atoms with Crippen molar-refractivity contribution < 1.29 is 9.90 Å². The van der Waals surface area contributed by atoms with Gasteiger partial charge in [0.1, 0.15) is 0 Å². The van der Waals surface area contributed by atoms with Gasteiger partial charge in [0.2, 0.25) is 0 Å². The zero-order valence-electron chi connectivity index (χ0n) is 13.1. The molecule has 0 bridgehead atoms. The van der Waals surface area contributed by atoms with E-state index in [-0.39, 0.29) is 12.5 Å². The number of thiazole rings is 1. The van der Waals surface area contributed by atoms with Gasteiger partial charge in [-0.1, -0.05) is 36.0 Å². The molecule has 0 aliphatic rings. The summed E-state index contributed by atoms with van der Waals surface area (Å²) in [7, 11) is 0. The van der Waals surface area contributed by atoms with E-state index in [0.29, 0.717) is 18.5 Å². The molecule has 1 heterocycles. The first-order chi connectivity index (χ1) is 11.8. The van der Waals surface area contributed by atoms with Crippen LogP contribution in [0, 0.1) is 0 Å². The van der Waals surface area contributed by atoms with Crippen LogP contribution in [0.2, 0.25) is 0 Å². The van der Waals surface area contributed by atoms with Crippen LogP contribution >= 0.6 is 23.1 Å². The number of aliphatic hydroxyl groups is 1. The number of amides is 1. The predicted molar refractivity (Wildman–Crippen MR) is 99.7 cm³/mol. The van der Waals surface area contributed by atoms with Gasteiger partial charge in [-0.25, -0.2) is 4.98 Å². The molecule has 0 saturated heterocycles. The molecule has 1 amide bonds. The lowest BCUT2D eigenvalue weighted by molar-refractivity contribution is 0.0951. The maximum Gasteiger partial charge on any atom is 0.251 e. The highest BCUT2D eigenvalue weighted by Gasteiger charge is 2.06. The first kappa shape index (κ1) is 17.0. The van der Waals surface area contributed by atoms with Crippen LogP contribution in [-0.4, -0.2) is 29.1 Å². The third-order valence-corrected chi connectivity index (χ3v) is 5.72. The smallest absolute Gasteiger partial charge is 0.251 e. The van der Waals surface area contributed by atoms with Gasteiger partial charge in [0.05, 0.1) is 10.2 Å². The summed E-state index contributed by atoms with van der Waals surface area (Å²) in [5.74, 6) is 0.723. The van der Waals surface area contributed by atoms with Gasteiger partial charge < -0.3 is 10.4 Å². The Kier molecular flexibility index (Phi) is 5.85. The first-order valence-electron chi connectivity index (χ1n) is 7.72. The summed E-state index contributed by atoms with van der Waals surface area (Å²) in [6.45, 7) is 0.576. The quantitative estimate of drug-likeness (QED) is 0.499. The van der Waals surface area contributed by atoms with E-state index in [1.54, 1.807) is 23.1 Å². The van der Waals surface area contributed by atoms with Gasteiger partial charge in [0.25, 0.3) is 5.91 Å². The van der Waals surface area contributed by atoms with Crippen molar-refractivity contribution in [1.29, 1.82) is 0 Å². The largest absolute Gasteiger partial charge is 0.396 e. The fourth-order valence-corrected chi connectivity index (χ4v) is 4.22. The minimum absolute atomic E-state index is 0.0855. The highest BCUT2D eigenvalue weighted by Crippen LogP contribution is 2.31. The molecule has 6 heteroatoms. The van der Waals surface area contributed by atoms with Crippen molar-refractivity contribution in [2.24, 2.45) is 0 Å². The van der Waals surface area contributed by atoms with Gasteiger partial charge in [-0.2, -0.15) is 0 Å². The predicted octanol–water partition coefficient (Wildman–Crippen LogP) is 3.70. The summed E-state index contributed by atoms with van der Waals surface area (Å²) < 4.78 is 2.26. The number of fused-ring (bicyclic) bond motifs is 1.